The zero-order valence-electron chi connectivity index (χ0n) is 17.7. The van der Waals surface area contributed by atoms with Crippen LogP contribution in [0, 0.1) is 11.6 Å². The normalized spacial score (nSPS) is 15.5. The molecule has 0 atom stereocenters. The highest BCUT2D eigenvalue weighted by molar-refractivity contribution is 6.30. The van der Waals surface area contributed by atoms with Crippen molar-refractivity contribution in [1.82, 2.24) is 14.9 Å². The number of hydrogen-bond acceptors (Lipinski definition) is 5. The van der Waals surface area contributed by atoms with Crippen molar-refractivity contribution in [1.29, 1.82) is 0 Å². The third kappa shape index (κ3) is 4.48. The van der Waals surface area contributed by atoms with Gasteiger partial charge in [-0.05, 0) is 49.2 Å². The van der Waals surface area contributed by atoms with Gasteiger partial charge in [0.25, 0.3) is 5.91 Å². The first-order valence-corrected chi connectivity index (χ1v) is 11.2. The molecular formula is C24H21ClF2N4O2. The number of rotatable bonds is 4. The van der Waals surface area contributed by atoms with Crippen LogP contribution < -0.4 is 9.64 Å². The fraction of sp³-hybridized carbons (Fsp3) is 0.292. The van der Waals surface area contributed by atoms with Crippen molar-refractivity contribution in [3.63, 3.8) is 0 Å². The molecule has 6 nitrogen and oxygen atoms in total. The highest BCUT2D eigenvalue weighted by Gasteiger charge is 2.29. The number of benzene rings is 2. The van der Waals surface area contributed by atoms with Crippen molar-refractivity contribution in [2.75, 3.05) is 24.5 Å². The van der Waals surface area contributed by atoms with E-state index >= 15 is 0 Å². The van der Waals surface area contributed by atoms with Crippen molar-refractivity contribution in [3.8, 4) is 11.6 Å². The van der Waals surface area contributed by atoms with Crippen LogP contribution in [0.15, 0.2) is 42.5 Å². The maximum absolute atomic E-state index is 13.8. The van der Waals surface area contributed by atoms with E-state index in [4.69, 9.17) is 21.3 Å². The van der Waals surface area contributed by atoms with Gasteiger partial charge in [-0.2, -0.15) is 4.98 Å². The van der Waals surface area contributed by atoms with Gasteiger partial charge in [-0.1, -0.05) is 11.6 Å². The van der Waals surface area contributed by atoms with Crippen molar-refractivity contribution >= 4 is 23.5 Å². The summed E-state index contributed by atoms with van der Waals surface area (Å²) in [5.74, 6) is -1.16. The van der Waals surface area contributed by atoms with E-state index in [0.29, 0.717) is 35.1 Å². The standard InChI is InChI=1S/C24H21ClF2N4O2/c25-16-5-3-15(4-6-16)23(32)31-12-9-21-18(14-31)22(29-24(28-21)30-10-1-2-11-30)33-17-7-8-19(26)20(27)13-17/h3-8,13H,1-2,9-12,14H2. The van der Waals surface area contributed by atoms with E-state index in [1.54, 1.807) is 29.2 Å². The van der Waals surface area contributed by atoms with Gasteiger partial charge in [0.2, 0.25) is 11.8 Å². The predicted octanol–water partition coefficient (Wildman–Crippen LogP) is 5.00. The third-order valence-electron chi connectivity index (χ3n) is 5.88. The number of aromatic nitrogens is 2. The van der Waals surface area contributed by atoms with Crippen molar-refractivity contribution in [2.45, 2.75) is 25.8 Å². The molecule has 170 valence electrons. The second-order valence-corrected chi connectivity index (χ2v) is 8.55. The summed E-state index contributed by atoms with van der Waals surface area (Å²) in [4.78, 5) is 26.2. The van der Waals surface area contributed by atoms with Gasteiger partial charge in [-0.15, -0.1) is 0 Å². The fourth-order valence-electron chi connectivity index (χ4n) is 4.11. The van der Waals surface area contributed by atoms with Crippen molar-refractivity contribution < 1.29 is 18.3 Å². The second kappa shape index (κ2) is 8.94. The van der Waals surface area contributed by atoms with Crippen LogP contribution in [0.3, 0.4) is 0 Å². The second-order valence-electron chi connectivity index (χ2n) is 8.11. The summed E-state index contributed by atoms with van der Waals surface area (Å²) in [5, 5.41) is 0.556. The Morgan fingerprint density at radius 2 is 1.73 bits per heavy atom. The molecule has 5 rings (SSSR count). The first kappa shape index (κ1) is 21.6. The Labute approximate surface area is 194 Å². The van der Waals surface area contributed by atoms with Crippen LogP contribution in [-0.2, 0) is 13.0 Å². The molecule has 0 unspecified atom stereocenters. The SMILES string of the molecule is O=C(c1ccc(Cl)cc1)N1CCc2nc(N3CCCC3)nc(Oc3ccc(F)c(F)c3)c2C1. The zero-order chi connectivity index (χ0) is 22.9. The van der Waals surface area contributed by atoms with Gasteiger partial charge >= 0.3 is 0 Å². The molecular weight excluding hydrogens is 450 g/mol. The Morgan fingerprint density at radius 3 is 2.45 bits per heavy atom. The lowest BCUT2D eigenvalue weighted by Crippen LogP contribution is -2.37. The number of amides is 1. The molecule has 0 radical (unpaired) electrons. The summed E-state index contributed by atoms with van der Waals surface area (Å²) >= 11 is 5.94. The quantitative estimate of drug-likeness (QED) is 0.537. The Bertz CT molecular complexity index is 1200. The predicted molar refractivity (Wildman–Crippen MR) is 120 cm³/mol. The molecule has 2 aliphatic rings. The van der Waals surface area contributed by atoms with Gasteiger partial charge in [-0.3, -0.25) is 4.79 Å². The number of carbonyl (C=O) groups excluding carboxylic acids is 1. The molecule has 0 saturated carbocycles. The molecule has 33 heavy (non-hydrogen) atoms. The Balaban J connectivity index is 1.48. The Hall–Kier alpha value is -3.26. The molecule has 2 aromatic carbocycles. The first-order chi connectivity index (χ1) is 16.0. The topological polar surface area (TPSA) is 58.6 Å². The van der Waals surface area contributed by atoms with E-state index in [0.717, 1.165) is 43.8 Å². The summed E-state index contributed by atoms with van der Waals surface area (Å²) in [6, 6.07) is 10.1. The van der Waals surface area contributed by atoms with E-state index in [-0.39, 0.29) is 24.1 Å². The van der Waals surface area contributed by atoms with Gasteiger partial charge in [0.15, 0.2) is 11.6 Å². The summed E-state index contributed by atoms with van der Waals surface area (Å²) < 4.78 is 33.1. The van der Waals surface area contributed by atoms with Crippen LogP contribution in [0.5, 0.6) is 11.6 Å². The number of halogens is 3. The third-order valence-corrected chi connectivity index (χ3v) is 6.14. The molecule has 1 amide bonds. The van der Waals surface area contributed by atoms with E-state index in [9.17, 15) is 13.6 Å². The molecule has 1 fully saturated rings. The largest absolute Gasteiger partial charge is 0.438 e. The minimum absolute atomic E-state index is 0.128. The number of nitrogens with zero attached hydrogens (tertiary/aromatic N) is 4. The molecule has 0 N–H and O–H groups in total. The van der Waals surface area contributed by atoms with E-state index in [2.05, 4.69) is 9.88 Å². The summed E-state index contributed by atoms with van der Waals surface area (Å²) in [6.07, 6.45) is 2.65. The lowest BCUT2D eigenvalue weighted by atomic mass is 10.1. The minimum Gasteiger partial charge on any atom is -0.438 e. The van der Waals surface area contributed by atoms with Crippen LogP contribution in [0.4, 0.5) is 14.7 Å². The number of carbonyl (C=O) groups is 1. The maximum atomic E-state index is 13.8. The highest BCUT2D eigenvalue weighted by atomic mass is 35.5. The van der Waals surface area contributed by atoms with Gasteiger partial charge in [-0.25, -0.2) is 13.8 Å². The van der Waals surface area contributed by atoms with Crippen LogP contribution >= 0.6 is 11.6 Å². The molecule has 3 heterocycles. The lowest BCUT2D eigenvalue weighted by Gasteiger charge is -2.30. The van der Waals surface area contributed by atoms with Gasteiger partial charge in [0.1, 0.15) is 5.75 Å². The van der Waals surface area contributed by atoms with Crippen LogP contribution in [0.25, 0.3) is 0 Å². The average Bonchev–Trinajstić information content (AvgIpc) is 3.36. The molecule has 0 aliphatic carbocycles. The lowest BCUT2D eigenvalue weighted by molar-refractivity contribution is 0.0732. The molecule has 1 saturated heterocycles. The molecule has 0 spiro atoms. The van der Waals surface area contributed by atoms with Crippen molar-refractivity contribution in [2.24, 2.45) is 0 Å². The number of fused-ring (bicyclic) bond motifs is 1. The smallest absolute Gasteiger partial charge is 0.254 e. The summed E-state index contributed by atoms with van der Waals surface area (Å²) in [5.41, 5.74) is 1.99. The average molecular weight is 471 g/mol. The van der Waals surface area contributed by atoms with Crippen LogP contribution in [0.2, 0.25) is 5.02 Å². The van der Waals surface area contributed by atoms with Crippen LogP contribution in [0.1, 0.15) is 34.5 Å². The Morgan fingerprint density at radius 1 is 0.970 bits per heavy atom. The molecule has 9 heteroatoms. The van der Waals surface area contributed by atoms with E-state index in [1.165, 1.54) is 6.07 Å². The van der Waals surface area contributed by atoms with Gasteiger partial charge in [0, 0.05) is 42.7 Å². The minimum atomic E-state index is -1.00. The van der Waals surface area contributed by atoms with E-state index in [1.807, 2.05) is 0 Å². The maximum Gasteiger partial charge on any atom is 0.254 e. The molecule has 1 aromatic heterocycles. The van der Waals surface area contributed by atoms with Crippen LogP contribution in [-0.4, -0.2) is 40.4 Å². The van der Waals surface area contributed by atoms with Gasteiger partial charge < -0.3 is 14.5 Å². The van der Waals surface area contributed by atoms with E-state index < -0.39 is 11.6 Å². The highest BCUT2D eigenvalue weighted by Crippen LogP contribution is 2.33. The fourth-order valence-corrected chi connectivity index (χ4v) is 4.24. The molecule has 2 aliphatic heterocycles. The number of anilines is 1. The summed E-state index contributed by atoms with van der Waals surface area (Å²) in [7, 11) is 0. The number of ether oxygens (including phenoxy) is 1. The molecule has 0 bridgehead atoms. The first-order valence-electron chi connectivity index (χ1n) is 10.8. The van der Waals surface area contributed by atoms with Gasteiger partial charge in [0.05, 0.1) is 17.8 Å². The number of hydrogen-bond donors (Lipinski definition) is 0. The summed E-state index contributed by atoms with van der Waals surface area (Å²) in [6.45, 7) is 2.45. The zero-order valence-corrected chi connectivity index (χ0v) is 18.5. The van der Waals surface area contributed by atoms with Crippen molar-refractivity contribution in [3.05, 3.63) is 75.9 Å². The molecule has 3 aromatic rings. The monoisotopic (exact) mass is 470 g/mol. The Kier molecular flexibility index (Phi) is 5.85.